The van der Waals surface area contributed by atoms with E-state index in [4.69, 9.17) is 9.47 Å². The summed E-state index contributed by atoms with van der Waals surface area (Å²) in [4.78, 5) is 29.3. The molecule has 0 aliphatic carbocycles. The van der Waals surface area contributed by atoms with Gasteiger partial charge in [0.2, 0.25) is 0 Å². The third kappa shape index (κ3) is 3.63. The highest BCUT2D eigenvalue weighted by atomic mass is 16.5. The van der Waals surface area contributed by atoms with E-state index in [2.05, 4.69) is 10.1 Å². The van der Waals surface area contributed by atoms with Crippen LogP contribution >= 0.6 is 0 Å². The van der Waals surface area contributed by atoms with Gasteiger partial charge in [-0.15, -0.1) is 0 Å². The predicted octanol–water partition coefficient (Wildman–Crippen LogP) is 1.11. The molecule has 3 aromatic heterocycles. The number of pyridine rings is 1. The molecule has 0 fully saturated rings. The lowest BCUT2D eigenvalue weighted by Crippen LogP contribution is -2.26. The summed E-state index contributed by atoms with van der Waals surface area (Å²) in [6, 6.07) is 1.64. The molecule has 0 atom stereocenters. The van der Waals surface area contributed by atoms with E-state index >= 15 is 0 Å². The van der Waals surface area contributed by atoms with Crippen LogP contribution in [0.5, 0.6) is 0 Å². The summed E-state index contributed by atoms with van der Waals surface area (Å²) in [6.45, 7) is 5.49. The number of nitrogens with zero attached hydrogens (tertiary/aromatic N) is 5. The Bertz CT molecular complexity index is 1030. The van der Waals surface area contributed by atoms with Crippen molar-refractivity contribution in [2.45, 2.75) is 26.9 Å². The van der Waals surface area contributed by atoms with Crippen LogP contribution in [0, 0.1) is 6.92 Å². The molecule has 9 nitrogen and oxygen atoms in total. The molecule has 0 bridgehead atoms. The molecule has 0 N–H and O–H groups in total. The van der Waals surface area contributed by atoms with Crippen molar-refractivity contribution in [1.29, 1.82) is 0 Å². The lowest BCUT2D eigenvalue weighted by Gasteiger charge is -2.03. The number of hydrogen-bond donors (Lipinski definition) is 0. The number of ether oxygens (including phenoxy) is 2. The van der Waals surface area contributed by atoms with E-state index in [-0.39, 0.29) is 5.69 Å². The van der Waals surface area contributed by atoms with Gasteiger partial charge in [0.05, 0.1) is 43.6 Å². The van der Waals surface area contributed by atoms with E-state index in [0.717, 1.165) is 11.3 Å². The lowest BCUT2D eigenvalue weighted by molar-refractivity contribution is 0.0600. The van der Waals surface area contributed by atoms with Crippen LogP contribution in [0.3, 0.4) is 0 Å². The van der Waals surface area contributed by atoms with E-state index < -0.39 is 5.97 Å². The van der Waals surface area contributed by atoms with Gasteiger partial charge in [0.15, 0.2) is 5.65 Å². The van der Waals surface area contributed by atoms with Gasteiger partial charge in [0.25, 0.3) is 0 Å². The fourth-order valence-electron chi connectivity index (χ4n) is 3.05. The minimum atomic E-state index is -0.497. The summed E-state index contributed by atoms with van der Waals surface area (Å²) in [5, 5.41) is 4.33. The summed E-state index contributed by atoms with van der Waals surface area (Å²) in [5.41, 5.74) is 2.94. The number of esters is 1. The summed E-state index contributed by atoms with van der Waals surface area (Å²) < 4.78 is 15.0. The second-order valence-corrected chi connectivity index (χ2v) is 6.19. The Morgan fingerprint density at radius 1 is 1.30 bits per heavy atom. The van der Waals surface area contributed by atoms with Gasteiger partial charge >= 0.3 is 11.7 Å². The minimum absolute atomic E-state index is 0.206. The number of carbonyl (C=O) groups is 1. The van der Waals surface area contributed by atoms with Crippen molar-refractivity contribution in [2.24, 2.45) is 7.05 Å². The van der Waals surface area contributed by atoms with Crippen LogP contribution in [0.15, 0.2) is 23.3 Å². The normalized spacial score (nSPS) is 11.3. The maximum Gasteiger partial charge on any atom is 0.339 e. The average Bonchev–Trinajstić information content (AvgIpc) is 3.11. The zero-order chi connectivity index (χ0) is 19.6. The zero-order valence-electron chi connectivity index (χ0n) is 15.9. The number of methoxy groups -OCH3 is 1. The van der Waals surface area contributed by atoms with Crippen molar-refractivity contribution in [2.75, 3.05) is 20.3 Å². The lowest BCUT2D eigenvalue weighted by atomic mass is 10.2. The second kappa shape index (κ2) is 7.75. The average molecular weight is 373 g/mol. The Labute approximate surface area is 156 Å². The zero-order valence-corrected chi connectivity index (χ0v) is 15.9. The van der Waals surface area contributed by atoms with Gasteiger partial charge in [-0.2, -0.15) is 5.10 Å². The van der Waals surface area contributed by atoms with Gasteiger partial charge in [-0.25, -0.2) is 14.6 Å². The predicted molar refractivity (Wildman–Crippen MR) is 98.9 cm³/mol. The fourth-order valence-corrected chi connectivity index (χ4v) is 3.05. The Morgan fingerprint density at radius 3 is 2.70 bits per heavy atom. The van der Waals surface area contributed by atoms with Crippen LogP contribution in [0.25, 0.3) is 11.2 Å². The molecule has 0 saturated carbocycles. The number of aromatic nitrogens is 5. The van der Waals surface area contributed by atoms with Crippen molar-refractivity contribution in [1.82, 2.24) is 23.9 Å². The van der Waals surface area contributed by atoms with Crippen LogP contribution in [-0.4, -0.2) is 50.2 Å². The van der Waals surface area contributed by atoms with Crippen molar-refractivity contribution in [3.63, 3.8) is 0 Å². The van der Waals surface area contributed by atoms with Gasteiger partial charge in [0, 0.05) is 31.6 Å². The van der Waals surface area contributed by atoms with Crippen molar-refractivity contribution >= 4 is 17.1 Å². The van der Waals surface area contributed by atoms with Crippen LogP contribution in [0.4, 0.5) is 0 Å². The minimum Gasteiger partial charge on any atom is -0.465 e. The highest BCUT2D eigenvalue weighted by Gasteiger charge is 2.18. The molecular formula is C18H23N5O4. The number of hydrogen-bond acceptors (Lipinski definition) is 6. The molecule has 3 heterocycles. The number of rotatable bonds is 7. The van der Waals surface area contributed by atoms with Gasteiger partial charge in [-0.3, -0.25) is 13.8 Å². The summed E-state index contributed by atoms with van der Waals surface area (Å²) in [5.74, 6) is -0.497. The molecule has 27 heavy (non-hydrogen) atoms. The Morgan fingerprint density at radius 2 is 2.07 bits per heavy atom. The van der Waals surface area contributed by atoms with Gasteiger partial charge in [0.1, 0.15) is 0 Å². The van der Waals surface area contributed by atoms with Crippen LogP contribution in [-0.2, 0) is 29.6 Å². The smallest absolute Gasteiger partial charge is 0.339 e. The molecule has 9 heteroatoms. The maximum absolute atomic E-state index is 13.0. The van der Waals surface area contributed by atoms with E-state index in [0.29, 0.717) is 43.0 Å². The molecule has 3 rings (SSSR count). The van der Waals surface area contributed by atoms with Crippen LogP contribution in [0.2, 0.25) is 0 Å². The largest absolute Gasteiger partial charge is 0.465 e. The molecule has 0 radical (unpaired) electrons. The molecule has 3 aromatic rings. The molecule has 0 amide bonds. The van der Waals surface area contributed by atoms with Crippen molar-refractivity contribution in [3.8, 4) is 0 Å². The first-order valence-corrected chi connectivity index (χ1v) is 8.70. The van der Waals surface area contributed by atoms with Crippen LogP contribution in [0.1, 0.15) is 28.5 Å². The standard InChI is InChI=1S/C18H23N5O4/c1-5-27-7-6-22-16-15(8-13(9-19-16)17(24)26-4)23(18(22)25)11-14-10-21(3)20-12(14)2/h8-10H,5-7,11H2,1-4H3. The van der Waals surface area contributed by atoms with Crippen molar-refractivity contribution < 1.29 is 14.3 Å². The fraction of sp³-hybridized carbons (Fsp3) is 0.444. The third-order valence-electron chi connectivity index (χ3n) is 4.38. The number of fused-ring (bicyclic) bond motifs is 1. The number of aryl methyl sites for hydroxylation is 2. The summed E-state index contributed by atoms with van der Waals surface area (Å²) >= 11 is 0. The topological polar surface area (TPSA) is 93.2 Å². The summed E-state index contributed by atoms with van der Waals surface area (Å²) in [7, 11) is 3.15. The van der Waals surface area contributed by atoms with E-state index in [1.165, 1.54) is 13.3 Å². The Balaban J connectivity index is 2.13. The maximum atomic E-state index is 13.0. The molecule has 144 valence electrons. The highest BCUT2D eigenvalue weighted by molar-refractivity contribution is 5.92. The molecule has 0 aromatic carbocycles. The molecular weight excluding hydrogens is 350 g/mol. The SMILES string of the molecule is CCOCCn1c(=O)n(Cc2cn(C)nc2C)c2cc(C(=O)OC)cnc21. The van der Waals surface area contributed by atoms with E-state index in [9.17, 15) is 9.59 Å². The number of carbonyl (C=O) groups excluding carboxylic acids is 1. The highest BCUT2D eigenvalue weighted by Crippen LogP contribution is 2.16. The Hall–Kier alpha value is -2.94. The van der Waals surface area contributed by atoms with E-state index in [1.807, 2.05) is 27.1 Å². The molecule has 0 aliphatic rings. The third-order valence-corrected chi connectivity index (χ3v) is 4.38. The monoisotopic (exact) mass is 373 g/mol. The molecule has 0 unspecified atom stereocenters. The van der Waals surface area contributed by atoms with Gasteiger partial charge < -0.3 is 9.47 Å². The Kier molecular flexibility index (Phi) is 5.41. The van der Waals surface area contributed by atoms with Gasteiger partial charge in [-0.1, -0.05) is 0 Å². The van der Waals surface area contributed by atoms with Crippen molar-refractivity contribution in [3.05, 3.63) is 45.8 Å². The quantitative estimate of drug-likeness (QED) is 0.455. The number of imidazole rings is 1. The second-order valence-electron chi connectivity index (χ2n) is 6.19. The van der Waals surface area contributed by atoms with E-state index in [1.54, 1.807) is 19.9 Å². The molecule has 0 spiro atoms. The summed E-state index contributed by atoms with van der Waals surface area (Å²) in [6.07, 6.45) is 3.30. The van der Waals surface area contributed by atoms with Gasteiger partial charge in [-0.05, 0) is 19.9 Å². The first kappa shape index (κ1) is 18.8. The first-order valence-electron chi connectivity index (χ1n) is 8.70. The van der Waals surface area contributed by atoms with Crippen LogP contribution < -0.4 is 5.69 Å². The molecule has 0 aliphatic heterocycles. The first-order chi connectivity index (χ1) is 13.0. The molecule has 0 saturated heterocycles.